The van der Waals surface area contributed by atoms with Gasteiger partial charge in [-0.1, -0.05) is 6.07 Å². The van der Waals surface area contributed by atoms with Gasteiger partial charge in [-0.2, -0.15) is 0 Å². The Morgan fingerprint density at radius 3 is 2.94 bits per heavy atom. The fourth-order valence-corrected chi connectivity index (χ4v) is 1.80. The lowest BCUT2D eigenvalue weighted by molar-refractivity contribution is -0.120. The summed E-state index contributed by atoms with van der Waals surface area (Å²) in [6.45, 7) is 1.79. The molecule has 0 spiro atoms. The predicted molar refractivity (Wildman–Crippen MR) is 67.1 cm³/mol. The highest BCUT2D eigenvalue weighted by Crippen LogP contribution is 2.19. The molecule has 6 nitrogen and oxygen atoms in total. The van der Waals surface area contributed by atoms with Crippen molar-refractivity contribution in [3.63, 3.8) is 0 Å². The fraction of sp³-hybridized carbons (Fsp3) is 0.333. The lowest BCUT2D eigenvalue weighted by Crippen LogP contribution is -2.32. The van der Waals surface area contributed by atoms with Crippen LogP contribution in [0.3, 0.4) is 0 Å². The van der Waals surface area contributed by atoms with E-state index in [2.05, 4.69) is 5.32 Å². The van der Waals surface area contributed by atoms with Crippen molar-refractivity contribution in [2.75, 3.05) is 6.54 Å². The van der Waals surface area contributed by atoms with Gasteiger partial charge in [0.15, 0.2) is 5.58 Å². The summed E-state index contributed by atoms with van der Waals surface area (Å²) in [5.41, 5.74) is 7.33. The number of nitrogens with zero attached hydrogens (tertiary/aromatic N) is 1. The lowest BCUT2D eigenvalue weighted by Gasteiger charge is -2.13. The SMILES string of the molecule is CC(NC(=O)CN)c1ccc2c(c1)oc(=O)n2C. The molecule has 0 fully saturated rings. The van der Waals surface area contributed by atoms with Gasteiger partial charge in [0.2, 0.25) is 5.91 Å². The van der Waals surface area contributed by atoms with E-state index in [1.807, 2.05) is 13.0 Å². The average molecular weight is 249 g/mol. The summed E-state index contributed by atoms with van der Waals surface area (Å²) in [5.74, 6) is -0.627. The zero-order valence-corrected chi connectivity index (χ0v) is 10.3. The van der Waals surface area contributed by atoms with Gasteiger partial charge in [0, 0.05) is 7.05 Å². The van der Waals surface area contributed by atoms with E-state index in [1.54, 1.807) is 19.2 Å². The van der Waals surface area contributed by atoms with Gasteiger partial charge in [-0.25, -0.2) is 4.79 Å². The number of aromatic nitrogens is 1. The van der Waals surface area contributed by atoms with Crippen LogP contribution in [0.2, 0.25) is 0 Å². The number of oxazole rings is 1. The fourth-order valence-electron chi connectivity index (χ4n) is 1.80. The normalized spacial score (nSPS) is 12.6. The zero-order chi connectivity index (χ0) is 13.3. The Bertz CT molecular complexity index is 642. The molecule has 1 atom stereocenters. The number of fused-ring (bicyclic) bond motifs is 1. The third-order valence-electron chi connectivity index (χ3n) is 2.88. The summed E-state index contributed by atoms with van der Waals surface area (Å²) in [7, 11) is 1.65. The molecule has 1 unspecified atom stereocenters. The number of carbonyl (C=O) groups is 1. The van der Waals surface area contributed by atoms with Crippen molar-refractivity contribution in [2.45, 2.75) is 13.0 Å². The van der Waals surface area contributed by atoms with Crippen LogP contribution >= 0.6 is 0 Å². The second-order valence-corrected chi connectivity index (χ2v) is 4.15. The average Bonchev–Trinajstić information content (AvgIpc) is 2.64. The van der Waals surface area contributed by atoms with Crippen LogP contribution in [0.5, 0.6) is 0 Å². The third kappa shape index (κ3) is 2.14. The molecule has 0 aliphatic rings. The first-order valence-corrected chi connectivity index (χ1v) is 5.62. The molecule has 2 aromatic rings. The maximum Gasteiger partial charge on any atom is 0.419 e. The minimum absolute atomic E-state index is 0.0486. The molecular formula is C12H15N3O3. The van der Waals surface area contributed by atoms with Gasteiger partial charge in [-0.3, -0.25) is 9.36 Å². The van der Waals surface area contributed by atoms with Crippen molar-refractivity contribution in [1.82, 2.24) is 9.88 Å². The lowest BCUT2D eigenvalue weighted by atomic mass is 10.1. The minimum atomic E-state index is -0.402. The number of amides is 1. The van der Waals surface area contributed by atoms with Gasteiger partial charge in [0.1, 0.15) is 0 Å². The number of aryl methyl sites for hydroxylation is 1. The smallest absolute Gasteiger partial charge is 0.408 e. The molecule has 0 aliphatic carbocycles. The van der Waals surface area contributed by atoms with Crippen molar-refractivity contribution in [1.29, 1.82) is 0 Å². The van der Waals surface area contributed by atoms with Crippen LogP contribution in [0, 0.1) is 0 Å². The van der Waals surface area contributed by atoms with Crippen molar-refractivity contribution < 1.29 is 9.21 Å². The summed E-state index contributed by atoms with van der Waals surface area (Å²) in [6, 6.07) is 5.20. The van der Waals surface area contributed by atoms with Crippen molar-refractivity contribution in [3.8, 4) is 0 Å². The van der Waals surface area contributed by atoms with Gasteiger partial charge in [0.05, 0.1) is 18.1 Å². The monoisotopic (exact) mass is 249 g/mol. The number of nitrogens with two attached hydrogens (primary N) is 1. The van der Waals surface area contributed by atoms with Crippen LogP contribution in [0.25, 0.3) is 11.1 Å². The summed E-state index contributed by atoms with van der Waals surface area (Å²) < 4.78 is 6.52. The molecule has 1 aromatic heterocycles. The first-order valence-electron chi connectivity index (χ1n) is 5.62. The van der Waals surface area contributed by atoms with Crippen molar-refractivity contribution in [3.05, 3.63) is 34.3 Å². The standard InChI is InChI=1S/C12H15N3O3/c1-7(14-11(16)6-13)8-3-4-9-10(5-8)18-12(17)15(9)2/h3-5,7H,6,13H2,1-2H3,(H,14,16). The first kappa shape index (κ1) is 12.4. The summed E-state index contributed by atoms with van der Waals surface area (Å²) >= 11 is 0. The molecule has 0 aliphatic heterocycles. The molecule has 0 saturated heterocycles. The highest BCUT2D eigenvalue weighted by Gasteiger charge is 2.11. The van der Waals surface area contributed by atoms with Gasteiger partial charge in [0.25, 0.3) is 0 Å². The second kappa shape index (κ2) is 4.66. The highest BCUT2D eigenvalue weighted by molar-refractivity contribution is 5.78. The Morgan fingerprint density at radius 1 is 1.56 bits per heavy atom. The van der Waals surface area contributed by atoms with Gasteiger partial charge >= 0.3 is 5.76 Å². The summed E-state index contributed by atoms with van der Waals surface area (Å²) in [5, 5.41) is 2.74. The molecule has 3 N–H and O–H groups in total. The topological polar surface area (TPSA) is 90.3 Å². The van der Waals surface area contributed by atoms with Crippen molar-refractivity contribution >= 4 is 17.0 Å². The number of rotatable bonds is 3. The molecular weight excluding hydrogens is 234 g/mol. The van der Waals surface area contributed by atoms with E-state index in [0.29, 0.717) is 5.58 Å². The molecule has 0 saturated carbocycles. The third-order valence-corrected chi connectivity index (χ3v) is 2.88. The highest BCUT2D eigenvalue weighted by atomic mass is 16.4. The maximum absolute atomic E-state index is 11.4. The Morgan fingerprint density at radius 2 is 2.28 bits per heavy atom. The Labute approximate surface area is 103 Å². The largest absolute Gasteiger partial charge is 0.419 e. The van der Waals surface area contributed by atoms with E-state index in [9.17, 15) is 9.59 Å². The van der Waals surface area contributed by atoms with Crippen LogP contribution in [0.4, 0.5) is 0 Å². The molecule has 6 heteroatoms. The van der Waals surface area contributed by atoms with E-state index >= 15 is 0 Å². The number of hydrogen-bond donors (Lipinski definition) is 2. The van der Waals surface area contributed by atoms with Crippen LogP contribution in [0.15, 0.2) is 27.4 Å². The molecule has 96 valence electrons. The molecule has 18 heavy (non-hydrogen) atoms. The first-order chi connectivity index (χ1) is 8.52. The van der Waals surface area contributed by atoms with E-state index in [-0.39, 0.29) is 18.5 Å². The zero-order valence-electron chi connectivity index (χ0n) is 10.3. The number of carbonyl (C=O) groups excluding carboxylic acids is 1. The number of nitrogens with one attached hydrogen (secondary N) is 1. The molecule has 2 rings (SSSR count). The summed E-state index contributed by atoms with van der Waals surface area (Å²) in [6.07, 6.45) is 0. The molecule has 0 radical (unpaired) electrons. The molecule has 0 bridgehead atoms. The molecule has 1 amide bonds. The van der Waals surface area contributed by atoms with Gasteiger partial charge < -0.3 is 15.5 Å². The Kier molecular flexibility index (Phi) is 3.20. The van der Waals surface area contributed by atoms with Gasteiger partial charge in [-0.15, -0.1) is 0 Å². The van der Waals surface area contributed by atoms with Gasteiger partial charge in [-0.05, 0) is 24.6 Å². The van der Waals surface area contributed by atoms with Crippen molar-refractivity contribution in [2.24, 2.45) is 12.8 Å². The number of hydrogen-bond acceptors (Lipinski definition) is 4. The van der Waals surface area contributed by atoms with Crippen LogP contribution in [-0.2, 0) is 11.8 Å². The maximum atomic E-state index is 11.4. The van der Waals surface area contributed by atoms with E-state index in [1.165, 1.54) is 4.57 Å². The van der Waals surface area contributed by atoms with Crippen LogP contribution in [0.1, 0.15) is 18.5 Å². The second-order valence-electron chi connectivity index (χ2n) is 4.15. The quantitative estimate of drug-likeness (QED) is 0.816. The van der Waals surface area contributed by atoms with E-state index in [0.717, 1.165) is 11.1 Å². The van der Waals surface area contributed by atoms with E-state index < -0.39 is 5.76 Å². The number of benzene rings is 1. The Balaban J connectivity index is 2.35. The van der Waals surface area contributed by atoms with Crippen LogP contribution in [-0.4, -0.2) is 17.0 Å². The van der Waals surface area contributed by atoms with E-state index in [4.69, 9.17) is 10.2 Å². The minimum Gasteiger partial charge on any atom is -0.408 e. The molecule has 1 heterocycles. The predicted octanol–water partition coefficient (Wildman–Crippen LogP) is 0.267. The summed E-state index contributed by atoms with van der Waals surface area (Å²) in [4.78, 5) is 22.6. The molecule has 1 aromatic carbocycles. The Hall–Kier alpha value is -2.08. The van der Waals surface area contributed by atoms with Crippen LogP contribution < -0.4 is 16.8 Å².